The van der Waals surface area contributed by atoms with Crippen molar-refractivity contribution in [3.63, 3.8) is 0 Å². The van der Waals surface area contributed by atoms with E-state index in [0.717, 1.165) is 25.0 Å². The number of fused-ring (bicyclic) bond motifs is 1. The molecule has 1 unspecified atom stereocenters. The van der Waals surface area contributed by atoms with Crippen LogP contribution in [0, 0.1) is 5.92 Å². The van der Waals surface area contributed by atoms with Crippen molar-refractivity contribution in [3.05, 3.63) is 59.7 Å². The number of carbonyl (C=O) groups is 1. The van der Waals surface area contributed by atoms with Gasteiger partial charge >= 0.3 is 0 Å². The number of benzene rings is 2. The Bertz CT molecular complexity index is 868. The quantitative estimate of drug-likeness (QED) is 0.709. The minimum Gasteiger partial charge on any atom is -0.496 e. The second kappa shape index (κ2) is 8.10. The SMILES string of the molecule is COc1ccccc1C(=O)N1CCC2(CC1)CC(CC(C)C)c1ccccc1O2. The van der Waals surface area contributed by atoms with E-state index < -0.39 is 0 Å². The summed E-state index contributed by atoms with van der Waals surface area (Å²) >= 11 is 0. The van der Waals surface area contributed by atoms with Crippen LogP contribution in [0.25, 0.3) is 0 Å². The summed E-state index contributed by atoms with van der Waals surface area (Å²) in [5.74, 6) is 2.89. The zero-order chi connectivity index (χ0) is 20.4. The summed E-state index contributed by atoms with van der Waals surface area (Å²) in [5, 5.41) is 0. The molecule has 0 aromatic heterocycles. The van der Waals surface area contributed by atoms with E-state index in [1.165, 1.54) is 12.0 Å². The van der Waals surface area contributed by atoms with E-state index in [-0.39, 0.29) is 11.5 Å². The Balaban J connectivity index is 1.50. The summed E-state index contributed by atoms with van der Waals surface area (Å²) < 4.78 is 12.0. The fourth-order valence-electron chi connectivity index (χ4n) is 4.94. The van der Waals surface area contributed by atoms with E-state index in [2.05, 4.69) is 38.1 Å². The highest BCUT2D eigenvalue weighted by atomic mass is 16.5. The summed E-state index contributed by atoms with van der Waals surface area (Å²) in [6, 6.07) is 16.0. The molecular formula is C25H31NO3. The van der Waals surface area contributed by atoms with Crippen LogP contribution in [0.3, 0.4) is 0 Å². The van der Waals surface area contributed by atoms with Crippen LogP contribution in [-0.2, 0) is 0 Å². The van der Waals surface area contributed by atoms with Gasteiger partial charge in [-0.15, -0.1) is 0 Å². The molecule has 1 amide bonds. The van der Waals surface area contributed by atoms with Crippen molar-refractivity contribution in [2.45, 2.75) is 51.0 Å². The molecule has 1 atom stereocenters. The van der Waals surface area contributed by atoms with Gasteiger partial charge in [0.25, 0.3) is 5.91 Å². The number of ether oxygens (including phenoxy) is 2. The maximum absolute atomic E-state index is 13.1. The van der Waals surface area contributed by atoms with Gasteiger partial charge < -0.3 is 14.4 Å². The summed E-state index contributed by atoms with van der Waals surface area (Å²) in [6.07, 6.45) is 3.96. The number of carbonyl (C=O) groups excluding carboxylic acids is 1. The van der Waals surface area contributed by atoms with E-state index in [0.29, 0.717) is 36.2 Å². The Morgan fingerprint density at radius 1 is 1.14 bits per heavy atom. The standard InChI is InChI=1S/C25H31NO3/c1-18(2)16-19-17-25(29-23-11-7-4-8-20(19)23)12-14-26(15-13-25)24(27)21-9-5-6-10-22(21)28-3/h4-11,18-19H,12-17H2,1-3H3. The molecule has 0 saturated carbocycles. The molecule has 4 rings (SSSR count). The average Bonchev–Trinajstić information content (AvgIpc) is 2.73. The second-order valence-electron chi connectivity index (χ2n) is 8.85. The van der Waals surface area contributed by atoms with E-state index in [9.17, 15) is 4.79 Å². The third-order valence-corrected chi connectivity index (χ3v) is 6.36. The van der Waals surface area contributed by atoms with Gasteiger partial charge in [0.15, 0.2) is 0 Å². The fourth-order valence-corrected chi connectivity index (χ4v) is 4.94. The van der Waals surface area contributed by atoms with Crippen LogP contribution in [-0.4, -0.2) is 36.6 Å². The Labute approximate surface area is 173 Å². The van der Waals surface area contributed by atoms with Gasteiger partial charge in [-0.05, 0) is 48.4 Å². The first-order valence-corrected chi connectivity index (χ1v) is 10.7. The van der Waals surface area contributed by atoms with Gasteiger partial charge in [-0.3, -0.25) is 4.79 Å². The maximum Gasteiger partial charge on any atom is 0.257 e. The lowest BCUT2D eigenvalue weighted by Crippen LogP contribution is -2.51. The molecule has 0 N–H and O–H groups in total. The summed E-state index contributed by atoms with van der Waals surface area (Å²) in [7, 11) is 1.61. The molecule has 0 radical (unpaired) electrons. The van der Waals surface area contributed by atoms with Crippen molar-refractivity contribution in [2.24, 2.45) is 5.92 Å². The monoisotopic (exact) mass is 393 g/mol. The number of likely N-dealkylation sites (tertiary alicyclic amines) is 1. The lowest BCUT2D eigenvalue weighted by atomic mass is 9.74. The minimum atomic E-state index is -0.161. The molecule has 2 aliphatic heterocycles. The predicted octanol–water partition coefficient (Wildman–Crippen LogP) is 5.28. The normalized spacial score (nSPS) is 20.3. The zero-order valence-electron chi connectivity index (χ0n) is 17.7. The van der Waals surface area contributed by atoms with E-state index in [4.69, 9.17) is 9.47 Å². The topological polar surface area (TPSA) is 38.8 Å². The molecule has 2 aromatic carbocycles. The van der Waals surface area contributed by atoms with Crippen LogP contribution in [0.5, 0.6) is 11.5 Å². The number of piperidine rings is 1. The molecule has 2 aromatic rings. The number of hydrogen-bond donors (Lipinski definition) is 0. The Morgan fingerprint density at radius 3 is 2.55 bits per heavy atom. The molecule has 0 aliphatic carbocycles. The van der Waals surface area contributed by atoms with Gasteiger partial charge in [-0.2, -0.15) is 0 Å². The highest BCUT2D eigenvalue weighted by Gasteiger charge is 2.44. The van der Waals surface area contributed by atoms with Crippen LogP contribution < -0.4 is 9.47 Å². The van der Waals surface area contributed by atoms with Crippen molar-refractivity contribution in [1.29, 1.82) is 0 Å². The lowest BCUT2D eigenvalue weighted by molar-refractivity contribution is -0.0196. The van der Waals surface area contributed by atoms with Crippen molar-refractivity contribution in [1.82, 2.24) is 4.90 Å². The number of methoxy groups -OCH3 is 1. The van der Waals surface area contributed by atoms with Gasteiger partial charge in [-0.25, -0.2) is 0 Å². The molecule has 1 spiro atoms. The van der Waals surface area contributed by atoms with Crippen LogP contribution >= 0.6 is 0 Å². The first-order chi connectivity index (χ1) is 14.0. The predicted molar refractivity (Wildman–Crippen MR) is 115 cm³/mol. The third kappa shape index (κ3) is 3.98. The molecular weight excluding hydrogens is 362 g/mol. The van der Waals surface area contributed by atoms with Gasteiger partial charge in [0, 0.05) is 25.9 Å². The average molecular weight is 394 g/mol. The maximum atomic E-state index is 13.1. The largest absolute Gasteiger partial charge is 0.496 e. The van der Waals surface area contributed by atoms with Crippen LogP contribution in [0.4, 0.5) is 0 Å². The second-order valence-corrected chi connectivity index (χ2v) is 8.85. The lowest BCUT2D eigenvalue weighted by Gasteiger charge is -2.47. The summed E-state index contributed by atoms with van der Waals surface area (Å²) in [6.45, 7) is 6.01. The molecule has 0 bridgehead atoms. The first kappa shape index (κ1) is 19.8. The number of amides is 1. The van der Waals surface area contributed by atoms with E-state index in [1.54, 1.807) is 7.11 Å². The van der Waals surface area contributed by atoms with Crippen LogP contribution in [0.1, 0.15) is 61.4 Å². The van der Waals surface area contributed by atoms with Crippen molar-refractivity contribution in [2.75, 3.05) is 20.2 Å². The smallest absolute Gasteiger partial charge is 0.257 e. The molecule has 1 fully saturated rings. The van der Waals surface area contributed by atoms with Gasteiger partial charge in [0.2, 0.25) is 0 Å². The summed E-state index contributed by atoms with van der Waals surface area (Å²) in [5.41, 5.74) is 1.82. The van der Waals surface area contributed by atoms with Crippen LogP contribution in [0.15, 0.2) is 48.5 Å². The molecule has 154 valence electrons. The molecule has 4 nitrogen and oxygen atoms in total. The number of nitrogens with zero attached hydrogens (tertiary/aromatic N) is 1. The van der Waals surface area contributed by atoms with Crippen LogP contribution in [0.2, 0.25) is 0 Å². The molecule has 4 heteroatoms. The fraction of sp³-hybridized carbons (Fsp3) is 0.480. The Kier molecular flexibility index (Phi) is 5.53. The number of rotatable bonds is 4. The first-order valence-electron chi connectivity index (χ1n) is 10.7. The zero-order valence-corrected chi connectivity index (χ0v) is 17.7. The molecule has 2 aliphatic rings. The number of para-hydroxylation sites is 2. The van der Waals surface area contributed by atoms with Crippen molar-refractivity contribution >= 4 is 5.91 Å². The Morgan fingerprint density at radius 2 is 1.83 bits per heavy atom. The highest BCUT2D eigenvalue weighted by molar-refractivity contribution is 5.97. The number of hydrogen-bond acceptors (Lipinski definition) is 3. The van der Waals surface area contributed by atoms with Crippen molar-refractivity contribution < 1.29 is 14.3 Å². The molecule has 2 heterocycles. The minimum absolute atomic E-state index is 0.0484. The van der Waals surface area contributed by atoms with E-state index in [1.807, 2.05) is 29.2 Å². The van der Waals surface area contributed by atoms with E-state index >= 15 is 0 Å². The third-order valence-electron chi connectivity index (χ3n) is 6.36. The Hall–Kier alpha value is -2.49. The molecule has 1 saturated heterocycles. The van der Waals surface area contributed by atoms with Gasteiger partial charge in [0.1, 0.15) is 17.1 Å². The summed E-state index contributed by atoms with van der Waals surface area (Å²) in [4.78, 5) is 15.0. The molecule has 29 heavy (non-hydrogen) atoms. The van der Waals surface area contributed by atoms with Gasteiger partial charge in [0.05, 0.1) is 12.7 Å². The van der Waals surface area contributed by atoms with Gasteiger partial charge in [-0.1, -0.05) is 44.2 Å². The highest BCUT2D eigenvalue weighted by Crippen LogP contribution is 2.47. The van der Waals surface area contributed by atoms with Crippen molar-refractivity contribution in [3.8, 4) is 11.5 Å².